The van der Waals surface area contributed by atoms with E-state index in [4.69, 9.17) is 0 Å². The first-order valence-electron chi connectivity index (χ1n) is 4.34. The van der Waals surface area contributed by atoms with Crippen molar-refractivity contribution in [2.24, 2.45) is 0 Å². The first-order chi connectivity index (χ1) is 9.45. The minimum absolute atomic E-state index is 4.05. The summed E-state index contributed by atoms with van der Waals surface area (Å²) in [4.78, 5) is 9.65. The summed E-state index contributed by atoms with van der Waals surface area (Å²) in [7, 11) is 0. The van der Waals surface area contributed by atoms with Gasteiger partial charge in [0.15, 0.2) is 0 Å². The van der Waals surface area contributed by atoms with Crippen molar-refractivity contribution in [3.63, 3.8) is 0 Å². The molecule has 0 N–H and O–H groups in total. The monoisotopic (exact) mass is 361 g/mol. The Kier molecular flexibility index (Phi) is 5.19. The van der Waals surface area contributed by atoms with Gasteiger partial charge in [-0.3, -0.25) is 4.79 Å². The van der Waals surface area contributed by atoms with Gasteiger partial charge in [0.2, 0.25) is 0 Å². The fourth-order valence-corrected chi connectivity index (χ4v) is 0.936. The zero-order valence-corrected chi connectivity index (χ0v) is 9.27. The fourth-order valence-electron chi connectivity index (χ4n) is 0.936. The van der Waals surface area contributed by atoms with Crippen LogP contribution in [0.2, 0.25) is 0 Å². The number of rotatable bonds is 5. The zero-order valence-electron chi connectivity index (χ0n) is 9.27. The SMILES string of the molecule is O=C(F)C(F)(F)C(F)(N(F)C(F)(F)C(F)=C(F)F)C(F)(F)F. The van der Waals surface area contributed by atoms with Crippen LogP contribution in [0, 0.1) is 0 Å². The molecule has 130 valence electrons. The van der Waals surface area contributed by atoms with Gasteiger partial charge < -0.3 is 0 Å². The van der Waals surface area contributed by atoms with Crippen molar-refractivity contribution < 1.29 is 62.0 Å². The molecule has 0 fully saturated rings. The molecule has 0 radical (unpaired) electrons. The van der Waals surface area contributed by atoms with Crippen molar-refractivity contribution in [2.75, 3.05) is 0 Å². The molecular weight excluding hydrogens is 361 g/mol. The molecule has 0 spiro atoms. The van der Waals surface area contributed by atoms with Gasteiger partial charge in [-0.1, -0.05) is 0 Å². The summed E-state index contributed by atoms with van der Waals surface area (Å²) in [6.07, 6.45) is -11.7. The highest BCUT2D eigenvalue weighted by Gasteiger charge is 2.83. The van der Waals surface area contributed by atoms with Gasteiger partial charge in [0.05, 0.1) is 0 Å². The third kappa shape index (κ3) is 2.85. The molecule has 0 heterocycles. The maximum atomic E-state index is 13.1. The summed E-state index contributed by atoms with van der Waals surface area (Å²) in [6, 6.07) is -11.5. The van der Waals surface area contributed by atoms with E-state index in [9.17, 15) is 62.0 Å². The molecule has 0 amide bonds. The molecule has 0 aromatic carbocycles. The minimum atomic E-state index is -7.48. The lowest BCUT2D eigenvalue weighted by atomic mass is 10.1. The number of carbonyl (C=O) groups is 1. The lowest BCUT2D eigenvalue weighted by Gasteiger charge is -2.37. The van der Waals surface area contributed by atoms with E-state index >= 15 is 0 Å². The highest BCUT2D eigenvalue weighted by Crippen LogP contribution is 2.53. The van der Waals surface area contributed by atoms with Crippen molar-refractivity contribution in [3.8, 4) is 0 Å². The Morgan fingerprint density at radius 2 is 1.14 bits per heavy atom. The number of carbonyl (C=O) groups excluding carboxylic acids is 1. The molecule has 22 heavy (non-hydrogen) atoms. The lowest BCUT2D eigenvalue weighted by Crippen LogP contribution is -2.69. The van der Waals surface area contributed by atoms with Crippen molar-refractivity contribution in [2.45, 2.75) is 23.9 Å². The Balaban J connectivity index is 6.41. The number of nitrogens with zero attached hydrogens (tertiary/aromatic N) is 1. The molecule has 0 aromatic rings. The Bertz CT molecular complexity index is 477. The van der Waals surface area contributed by atoms with E-state index in [0.717, 1.165) is 0 Å². The van der Waals surface area contributed by atoms with Gasteiger partial charge in [-0.05, 0) is 5.12 Å². The molecule has 2 nitrogen and oxygen atoms in total. The van der Waals surface area contributed by atoms with Crippen LogP contribution in [0.15, 0.2) is 11.9 Å². The molecule has 0 bridgehead atoms. The van der Waals surface area contributed by atoms with Crippen LogP contribution in [0.25, 0.3) is 0 Å². The summed E-state index contributed by atoms with van der Waals surface area (Å²) in [5.41, 5.74) is 0. The Morgan fingerprint density at radius 3 is 1.36 bits per heavy atom. The highest BCUT2D eigenvalue weighted by molar-refractivity contribution is 5.78. The van der Waals surface area contributed by atoms with Crippen molar-refractivity contribution in [1.29, 1.82) is 0 Å². The molecule has 0 aliphatic carbocycles. The maximum absolute atomic E-state index is 13.1. The van der Waals surface area contributed by atoms with Gasteiger partial charge in [0.1, 0.15) is 0 Å². The van der Waals surface area contributed by atoms with E-state index in [1.807, 2.05) is 0 Å². The minimum Gasteiger partial charge on any atom is -0.254 e. The summed E-state index contributed by atoms with van der Waals surface area (Å²) in [6.45, 7) is 0. The predicted molar refractivity (Wildman–Crippen MR) is 39.2 cm³/mol. The van der Waals surface area contributed by atoms with E-state index in [2.05, 4.69) is 0 Å². The Hall–Kier alpha value is -1.54. The Labute approximate surface area is 110 Å². The standard InChI is InChI=1S/C7F13NO/c8-1(2(9)10)5(14,15)21(20)6(16,7(17,18)19)4(12,13)3(11)22. The van der Waals surface area contributed by atoms with Gasteiger partial charge in [-0.2, -0.15) is 48.3 Å². The first kappa shape index (κ1) is 20.5. The second-order valence-electron chi connectivity index (χ2n) is 3.36. The van der Waals surface area contributed by atoms with Crippen LogP contribution in [0.5, 0.6) is 0 Å². The molecule has 0 saturated heterocycles. The molecule has 0 saturated carbocycles. The number of halogens is 13. The van der Waals surface area contributed by atoms with Crippen LogP contribution in [0.4, 0.5) is 57.2 Å². The van der Waals surface area contributed by atoms with Gasteiger partial charge in [0.25, 0.3) is 5.83 Å². The molecule has 0 rings (SSSR count). The molecule has 0 aromatic heterocycles. The second kappa shape index (κ2) is 5.58. The van der Waals surface area contributed by atoms with Crippen LogP contribution < -0.4 is 0 Å². The topological polar surface area (TPSA) is 20.3 Å². The molecule has 1 atom stereocenters. The number of hydrogen-bond acceptors (Lipinski definition) is 2. The normalized spacial score (nSPS) is 16.5. The highest BCUT2D eigenvalue weighted by atomic mass is 19.4. The van der Waals surface area contributed by atoms with Crippen LogP contribution in [0.1, 0.15) is 0 Å². The fraction of sp³-hybridized carbons (Fsp3) is 0.571. The molecule has 15 heteroatoms. The third-order valence-electron chi connectivity index (χ3n) is 1.99. The molecule has 0 aliphatic rings. The van der Waals surface area contributed by atoms with Crippen LogP contribution >= 0.6 is 0 Å². The van der Waals surface area contributed by atoms with E-state index in [0.29, 0.717) is 0 Å². The average Bonchev–Trinajstić information content (AvgIpc) is 2.33. The summed E-state index contributed by atoms with van der Waals surface area (Å²) >= 11 is 0. The van der Waals surface area contributed by atoms with E-state index < -0.39 is 47.0 Å². The van der Waals surface area contributed by atoms with Gasteiger partial charge in [-0.15, -0.1) is 4.48 Å². The molecule has 0 aliphatic heterocycles. The first-order valence-corrected chi connectivity index (χ1v) is 4.34. The van der Waals surface area contributed by atoms with E-state index in [1.165, 1.54) is 0 Å². The third-order valence-corrected chi connectivity index (χ3v) is 1.99. The smallest absolute Gasteiger partial charge is 0.254 e. The number of hydrogen-bond donors (Lipinski definition) is 0. The van der Waals surface area contributed by atoms with Gasteiger partial charge in [-0.25, -0.2) is 4.39 Å². The molecular formula is C7F13NO. The van der Waals surface area contributed by atoms with Gasteiger partial charge in [0, 0.05) is 0 Å². The van der Waals surface area contributed by atoms with E-state index in [1.54, 1.807) is 0 Å². The number of alkyl halides is 8. The Morgan fingerprint density at radius 1 is 0.773 bits per heavy atom. The average molecular weight is 361 g/mol. The maximum Gasteiger partial charge on any atom is 0.446 e. The van der Waals surface area contributed by atoms with Crippen molar-refractivity contribution in [3.05, 3.63) is 11.9 Å². The zero-order chi connectivity index (χ0) is 18.3. The van der Waals surface area contributed by atoms with E-state index in [-0.39, 0.29) is 0 Å². The molecule has 1 unspecified atom stereocenters. The second-order valence-corrected chi connectivity index (χ2v) is 3.36. The van der Waals surface area contributed by atoms with Crippen LogP contribution in [0.3, 0.4) is 0 Å². The van der Waals surface area contributed by atoms with Crippen LogP contribution in [-0.4, -0.2) is 35.1 Å². The van der Waals surface area contributed by atoms with Crippen molar-refractivity contribution in [1.82, 2.24) is 5.12 Å². The largest absolute Gasteiger partial charge is 0.446 e. The van der Waals surface area contributed by atoms with Gasteiger partial charge >= 0.3 is 36.1 Å². The van der Waals surface area contributed by atoms with Crippen molar-refractivity contribution >= 4 is 6.04 Å². The summed E-state index contributed by atoms with van der Waals surface area (Å²) in [5.74, 6) is -19.0. The summed E-state index contributed by atoms with van der Waals surface area (Å²) in [5, 5.41) is -4.05. The quantitative estimate of drug-likeness (QED) is 0.317. The predicted octanol–water partition coefficient (Wildman–Crippen LogP) is 4.20. The van der Waals surface area contributed by atoms with Crippen LogP contribution in [-0.2, 0) is 4.79 Å². The summed E-state index contributed by atoms with van der Waals surface area (Å²) < 4.78 is 160. The lowest BCUT2D eigenvalue weighted by molar-refractivity contribution is -0.425.